The van der Waals surface area contributed by atoms with E-state index >= 15 is 0 Å². The van der Waals surface area contributed by atoms with E-state index in [1.54, 1.807) is 0 Å². The molecule has 8 nitrogen and oxygen atoms in total. The van der Waals surface area contributed by atoms with Gasteiger partial charge in [-0.05, 0) is 22.3 Å². The number of alkyl carbamates (subject to hydrolysis) is 1. The van der Waals surface area contributed by atoms with Gasteiger partial charge in [0.25, 0.3) is 0 Å². The topological polar surface area (TPSA) is 114 Å². The maximum atomic E-state index is 12.4. The van der Waals surface area contributed by atoms with Gasteiger partial charge in [0.15, 0.2) is 0 Å². The summed E-state index contributed by atoms with van der Waals surface area (Å²) in [7, 11) is 1.39. The second kappa shape index (κ2) is 10.3. The van der Waals surface area contributed by atoms with Gasteiger partial charge >= 0.3 is 12.1 Å². The normalized spacial score (nSPS) is 12.5. The number of carbonyl (C=O) groups excluding carboxylic acids is 2. The van der Waals surface area contributed by atoms with Crippen molar-refractivity contribution in [1.29, 1.82) is 0 Å². The van der Waals surface area contributed by atoms with Crippen LogP contribution in [0.3, 0.4) is 0 Å². The van der Waals surface area contributed by atoms with E-state index in [0.717, 1.165) is 22.3 Å². The van der Waals surface area contributed by atoms with Crippen LogP contribution in [0.5, 0.6) is 0 Å². The minimum absolute atomic E-state index is 0.0810. The molecule has 1 aliphatic carbocycles. The summed E-state index contributed by atoms with van der Waals surface area (Å²) in [4.78, 5) is 35.0. The van der Waals surface area contributed by atoms with E-state index in [-0.39, 0.29) is 25.7 Å². The number of ether oxygens (including phenoxy) is 2. The Balaban J connectivity index is 1.60. The van der Waals surface area contributed by atoms with Crippen molar-refractivity contribution >= 4 is 18.0 Å². The van der Waals surface area contributed by atoms with Gasteiger partial charge in [-0.1, -0.05) is 54.5 Å². The lowest BCUT2D eigenvalue weighted by atomic mass is 9.98. The van der Waals surface area contributed by atoms with Crippen molar-refractivity contribution in [3.8, 4) is 23.0 Å². The number of nitrogens with one attached hydrogen (secondary N) is 2. The van der Waals surface area contributed by atoms with Crippen molar-refractivity contribution in [2.24, 2.45) is 0 Å². The average molecular weight is 422 g/mol. The largest absolute Gasteiger partial charge is 0.472 e. The lowest BCUT2D eigenvalue weighted by Crippen LogP contribution is -2.49. The molecular formula is C23H22N2O6. The second-order valence-electron chi connectivity index (χ2n) is 6.80. The molecule has 3 rings (SSSR count). The maximum absolute atomic E-state index is 12.4. The summed E-state index contributed by atoms with van der Waals surface area (Å²) in [5.74, 6) is 2.22. The Morgan fingerprint density at radius 3 is 2.26 bits per heavy atom. The summed E-state index contributed by atoms with van der Waals surface area (Å²) in [6.07, 6.45) is -0.754. The first-order chi connectivity index (χ1) is 15.0. The van der Waals surface area contributed by atoms with Crippen molar-refractivity contribution in [1.82, 2.24) is 10.6 Å². The van der Waals surface area contributed by atoms with Crippen molar-refractivity contribution in [2.45, 2.75) is 12.0 Å². The third-order valence-electron chi connectivity index (χ3n) is 4.83. The summed E-state index contributed by atoms with van der Waals surface area (Å²) in [5, 5.41) is 13.4. The van der Waals surface area contributed by atoms with E-state index in [2.05, 4.69) is 16.6 Å². The Kier molecular flexibility index (Phi) is 7.25. The molecule has 0 bridgehead atoms. The highest BCUT2D eigenvalue weighted by Gasteiger charge is 2.29. The summed E-state index contributed by atoms with van der Waals surface area (Å²) < 4.78 is 10.4. The summed E-state index contributed by atoms with van der Waals surface area (Å²) in [6.45, 7) is -0.134. The van der Waals surface area contributed by atoms with E-state index in [1.807, 2.05) is 54.5 Å². The van der Waals surface area contributed by atoms with Crippen molar-refractivity contribution in [2.75, 3.05) is 26.9 Å². The standard InChI is InChI=1S/C23H22N2O6/c1-30-14-20(22(28)24-12-6-11-21(26)27)25-23(29)31-13-19-17-9-4-2-7-15(17)16-8-3-5-10-18(16)19/h2-5,7-10,19-20H,12-14H2,1H3,(H,24,28)(H,25,29)(H,26,27). The van der Waals surface area contributed by atoms with Crippen LogP contribution in [0.1, 0.15) is 17.0 Å². The number of methoxy groups -OCH3 is 1. The molecule has 1 unspecified atom stereocenters. The number of hydrogen-bond donors (Lipinski definition) is 3. The van der Waals surface area contributed by atoms with Crippen LogP contribution in [0, 0.1) is 11.8 Å². The van der Waals surface area contributed by atoms with Crippen LogP contribution in [-0.2, 0) is 19.1 Å². The van der Waals surface area contributed by atoms with Crippen LogP contribution in [0.15, 0.2) is 48.5 Å². The molecule has 2 aromatic rings. The molecule has 160 valence electrons. The van der Waals surface area contributed by atoms with Gasteiger partial charge in [0.2, 0.25) is 5.91 Å². The molecule has 3 N–H and O–H groups in total. The number of carboxylic acids is 1. The molecule has 8 heteroatoms. The molecule has 0 saturated heterocycles. The van der Waals surface area contributed by atoms with Gasteiger partial charge in [-0.25, -0.2) is 9.59 Å². The van der Waals surface area contributed by atoms with Gasteiger partial charge in [0.05, 0.1) is 13.2 Å². The lowest BCUT2D eigenvalue weighted by molar-refractivity contribution is -0.130. The maximum Gasteiger partial charge on any atom is 0.407 e. The molecule has 0 saturated carbocycles. The molecule has 2 aromatic carbocycles. The van der Waals surface area contributed by atoms with E-state index in [1.165, 1.54) is 7.11 Å². The fraction of sp³-hybridized carbons (Fsp3) is 0.261. The van der Waals surface area contributed by atoms with E-state index < -0.39 is 24.0 Å². The van der Waals surface area contributed by atoms with Crippen molar-refractivity contribution in [3.05, 3.63) is 59.7 Å². The molecule has 1 aliphatic rings. The minimum atomic E-state index is -1.29. The number of rotatable bonds is 7. The average Bonchev–Trinajstić information content (AvgIpc) is 3.08. The van der Waals surface area contributed by atoms with Gasteiger partial charge in [-0.15, -0.1) is 0 Å². The summed E-state index contributed by atoms with van der Waals surface area (Å²) in [6, 6.07) is 14.9. The number of carboxylic acid groups (broad SMARTS) is 1. The Hall–Kier alpha value is -3.83. The predicted octanol–water partition coefficient (Wildman–Crippen LogP) is 1.74. The van der Waals surface area contributed by atoms with Crippen LogP contribution in [0.2, 0.25) is 0 Å². The monoisotopic (exact) mass is 422 g/mol. The molecule has 0 heterocycles. The second-order valence-corrected chi connectivity index (χ2v) is 6.80. The van der Waals surface area contributed by atoms with Gasteiger partial charge in [-0.3, -0.25) is 4.79 Å². The minimum Gasteiger partial charge on any atom is -0.472 e. The number of fused-ring (bicyclic) bond motifs is 3. The van der Waals surface area contributed by atoms with Crippen molar-refractivity contribution < 1.29 is 29.0 Å². The van der Waals surface area contributed by atoms with Crippen LogP contribution < -0.4 is 10.6 Å². The number of amides is 2. The number of hydrogen-bond acceptors (Lipinski definition) is 5. The van der Waals surface area contributed by atoms with E-state index in [0.29, 0.717) is 0 Å². The van der Waals surface area contributed by atoms with Crippen LogP contribution in [0.4, 0.5) is 4.79 Å². The van der Waals surface area contributed by atoms with Gasteiger partial charge < -0.3 is 25.2 Å². The van der Waals surface area contributed by atoms with E-state index in [9.17, 15) is 14.4 Å². The molecule has 0 aliphatic heterocycles. The first kappa shape index (κ1) is 21.9. The zero-order valence-corrected chi connectivity index (χ0v) is 16.9. The molecule has 0 fully saturated rings. The first-order valence-corrected chi connectivity index (χ1v) is 9.61. The zero-order chi connectivity index (χ0) is 22.2. The number of benzene rings is 2. The smallest absolute Gasteiger partial charge is 0.407 e. The highest BCUT2D eigenvalue weighted by molar-refractivity contribution is 5.88. The Morgan fingerprint density at radius 1 is 1.06 bits per heavy atom. The molecule has 0 aromatic heterocycles. The quantitative estimate of drug-likeness (QED) is 0.586. The predicted molar refractivity (Wildman–Crippen MR) is 112 cm³/mol. The summed E-state index contributed by atoms with van der Waals surface area (Å²) in [5.41, 5.74) is 4.40. The van der Waals surface area contributed by atoms with Crippen LogP contribution in [0.25, 0.3) is 11.1 Å². The molecule has 0 radical (unpaired) electrons. The van der Waals surface area contributed by atoms with Crippen LogP contribution >= 0.6 is 0 Å². The highest BCUT2D eigenvalue weighted by Crippen LogP contribution is 2.44. The zero-order valence-electron chi connectivity index (χ0n) is 16.9. The molecule has 1 atom stereocenters. The number of carbonyl (C=O) groups is 3. The van der Waals surface area contributed by atoms with Gasteiger partial charge in [0, 0.05) is 18.9 Å². The van der Waals surface area contributed by atoms with Crippen LogP contribution in [-0.4, -0.2) is 56.0 Å². The number of aliphatic carboxylic acids is 1. The molecular weight excluding hydrogens is 400 g/mol. The fourth-order valence-corrected chi connectivity index (χ4v) is 3.51. The molecule has 31 heavy (non-hydrogen) atoms. The van der Waals surface area contributed by atoms with Gasteiger partial charge in [0.1, 0.15) is 12.6 Å². The van der Waals surface area contributed by atoms with E-state index in [4.69, 9.17) is 14.6 Å². The highest BCUT2D eigenvalue weighted by atomic mass is 16.5. The van der Waals surface area contributed by atoms with Crippen molar-refractivity contribution in [3.63, 3.8) is 0 Å². The SMILES string of the molecule is COCC(NC(=O)OCC1c2ccccc2-c2ccccc21)C(=O)NCC#CC(=O)O. The first-order valence-electron chi connectivity index (χ1n) is 9.61. The third-order valence-corrected chi connectivity index (χ3v) is 4.83. The molecule has 0 spiro atoms. The Labute approximate surface area is 179 Å². The molecule has 2 amide bonds. The lowest BCUT2D eigenvalue weighted by Gasteiger charge is -2.18. The third kappa shape index (κ3) is 5.41. The summed E-state index contributed by atoms with van der Waals surface area (Å²) >= 11 is 0. The van der Waals surface area contributed by atoms with Gasteiger partial charge in [-0.2, -0.15) is 0 Å². The Bertz CT molecular complexity index is 994. The Morgan fingerprint density at radius 2 is 1.68 bits per heavy atom. The fourth-order valence-electron chi connectivity index (χ4n) is 3.51.